The fourth-order valence-corrected chi connectivity index (χ4v) is 4.34. The SMILES string of the molecule is O=C(COc1ccc2c(c1)OCO2)NOc1ccc2c(c1)OCO2.O=C(O)COc1ccc2c(c1)OCO2.O=C(O)c1ccc2c(c1)OCO2. The second-order valence-corrected chi connectivity index (χ2v) is 10.0. The average molecular weight is 694 g/mol. The van der Waals surface area contributed by atoms with Gasteiger partial charge in [-0.05, 0) is 54.6 Å². The van der Waals surface area contributed by atoms with Crippen LogP contribution < -0.4 is 57.7 Å². The molecule has 17 heteroatoms. The monoisotopic (exact) mass is 693 g/mol. The van der Waals surface area contributed by atoms with E-state index in [-0.39, 0.29) is 45.9 Å². The highest BCUT2D eigenvalue weighted by Crippen LogP contribution is 2.37. The smallest absolute Gasteiger partial charge is 0.341 e. The van der Waals surface area contributed by atoms with Gasteiger partial charge in [0.2, 0.25) is 27.2 Å². The molecule has 0 saturated heterocycles. The zero-order chi connectivity index (χ0) is 34.9. The van der Waals surface area contributed by atoms with E-state index in [2.05, 4.69) is 5.48 Å². The highest BCUT2D eigenvalue weighted by molar-refractivity contribution is 5.88. The number of hydrogen-bond donors (Lipinski definition) is 3. The van der Waals surface area contributed by atoms with E-state index < -0.39 is 17.8 Å². The quantitative estimate of drug-likeness (QED) is 0.214. The molecule has 4 aliphatic heterocycles. The third-order valence-electron chi connectivity index (χ3n) is 6.67. The largest absolute Gasteiger partial charge is 0.484 e. The number of carboxylic acid groups (broad SMARTS) is 2. The van der Waals surface area contributed by atoms with E-state index in [1.54, 1.807) is 60.7 Å². The maximum atomic E-state index is 11.8. The molecular formula is C33H27NO16. The van der Waals surface area contributed by atoms with Crippen LogP contribution in [0.1, 0.15) is 10.4 Å². The summed E-state index contributed by atoms with van der Waals surface area (Å²) in [6, 6.07) is 19.5. The molecule has 17 nitrogen and oxygen atoms in total. The van der Waals surface area contributed by atoms with Crippen LogP contribution in [0.15, 0.2) is 72.8 Å². The summed E-state index contributed by atoms with van der Waals surface area (Å²) < 4.78 is 51.4. The number of hydroxylamine groups is 1. The molecule has 1 amide bonds. The Morgan fingerprint density at radius 3 is 1.40 bits per heavy atom. The van der Waals surface area contributed by atoms with Crippen molar-refractivity contribution < 1.29 is 76.8 Å². The lowest BCUT2D eigenvalue weighted by atomic mass is 10.2. The molecule has 0 unspecified atom stereocenters. The van der Waals surface area contributed by atoms with Crippen molar-refractivity contribution in [2.75, 3.05) is 40.4 Å². The molecule has 8 rings (SSSR count). The maximum absolute atomic E-state index is 11.8. The van der Waals surface area contributed by atoms with Gasteiger partial charge in [0.15, 0.2) is 65.0 Å². The molecule has 0 aliphatic carbocycles. The molecule has 4 aliphatic rings. The van der Waals surface area contributed by atoms with Crippen molar-refractivity contribution in [3.8, 4) is 63.2 Å². The molecule has 260 valence electrons. The van der Waals surface area contributed by atoms with Crippen LogP contribution >= 0.6 is 0 Å². The summed E-state index contributed by atoms with van der Waals surface area (Å²) in [6.45, 7) is 0.150. The van der Waals surface area contributed by atoms with E-state index in [1.807, 2.05) is 0 Å². The standard InChI is InChI=1S/C16H13NO7.C9H8O5.C8H6O4/c18-16(7-19-10-1-3-12-14(5-10)22-8-20-12)17-24-11-2-4-13-15(6-11)23-9-21-13;10-9(11)4-12-6-1-2-7-8(3-6)14-5-13-7;9-8(10)5-1-2-6-7(3-5)12-4-11-6/h1-6H,7-9H2,(H,17,18);1-3H,4-5H2,(H,10,11);1-3H,4H2,(H,9,10). The number of fused-ring (bicyclic) bond motifs is 4. The van der Waals surface area contributed by atoms with Gasteiger partial charge < -0.3 is 62.4 Å². The van der Waals surface area contributed by atoms with Gasteiger partial charge in [0.25, 0.3) is 5.91 Å². The fraction of sp³-hybridized carbons (Fsp3) is 0.182. The number of nitrogens with one attached hydrogen (secondary N) is 1. The van der Waals surface area contributed by atoms with E-state index in [0.717, 1.165) is 0 Å². The summed E-state index contributed by atoms with van der Waals surface area (Å²) in [6.07, 6.45) is 0. The molecular weight excluding hydrogens is 666 g/mol. The van der Waals surface area contributed by atoms with E-state index in [1.165, 1.54) is 12.1 Å². The lowest BCUT2D eigenvalue weighted by Crippen LogP contribution is -2.31. The topological polar surface area (TPSA) is 205 Å². The average Bonchev–Trinajstić information content (AvgIpc) is 3.95. The van der Waals surface area contributed by atoms with Gasteiger partial charge in [-0.15, -0.1) is 0 Å². The number of amides is 1. The number of carboxylic acids is 2. The van der Waals surface area contributed by atoms with E-state index in [9.17, 15) is 14.4 Å². The Hall–Kier alpha value is -6.91. The number of aromatic carboxylic acids is 1. The van der Waals surface area contributed by atoms with E-state index in [0.29, 0.717) is 63.2 Å². The van der Waals surface area contributed by atoms with E-state index in [4.69, 9.17) is 62.4 Å². The first-order chi connectivity index (χ1) is 24.3. The zero-order valence-electron chi connectivity index (χ0n) is 25.8. The highest BCUT2D eigenvalue weighted by atomic mass is 16.7. The first-order valence-electron chi connectivity index (χ1n) is 14.6. The first kappa shape index (κ1) is 33.0. The fourth-order valence-electron chi connectivity index (χ4n) is 4.34. The molecule has 0 radical (unpaired) electrons. The molecule has 0 spiro atoms. The minimum absolute atomic E-state index is 0.165. The normalized spacial score (nSPS) is 13.1. The summed E-state index contributed by atoms with van der Waals surface area (Å²) in [5, 5.41) is 17.0. The van der Waals surface area contributed by atoms with Crippen molar-refractivity contribution in [1.29, 1.82) is 0 Å². The molecule has 3 N–H and O–H groups in total. The lowest BCUT2D eigenvalue weighted by molar-refractivity contribution is -0.139. The number of carbonyl (C=O) groups is 3. The Morgan fingerprint density at radius 1 is 0.520 bits per heavy atom. The van der Waals surface area contributed by atoms with Crippen molar-refractivity contribution in [1.82, 2.24) is 5.48 Å². The van der Waals surface area contributed by atoms with Crippen LogP contribution in [0.25, 0.3) is 0 Å². The van der Waals surface area contributed by atoms with Gasteiger partial charge >= 0.3 is 11.9 Å². The molecule has 0 saturated carbocycles. The van der Waals surface area contributed by atoms with Gasteiger partial charge in [-0.2, -0.15) is 5.48 Å². The Kier molecular flexibility index (Phi) is 10.1. The number of rotatable bonds is 9. The minimum atomic E-state index is -1.01. The number of aliphatic carboxylic acids is 1. The van der Waals surface area contributed by atoms with Gasteiger partial charge in [-0.3, -0.25) is 4.79 Å². The number of benzene rings is 4. The van der Waals surface area contributed by atoms with E-state index >= 15 is 0 Å². The van der Waals surface area contributed by atoms with Crippen molar-refractivity contribution in [2.45, 2.75) is 0 Å². The summed E-state index contributed by atoms with van der Waals surface area (Å²) in [7, 11) is 0. The van der Waals surface area contributed by atoms with Crippen LogP contribution in [0.2, 0.25) is 0 Å². The van der Waals surface area contributed by atoms with Gasteiger partial charge in [0.05, 0.1) is 5.56 Å². The van der Waals surface area contributed by atoms with Gasteiger partial charge in [0, 0.05) is 18.2 Å². The second kappa shape index (κ2) is 15.3. The molecule has 50 heavy (non-hydrogen) atoms. The van der Waals surface area contributed by atoms with Crippen LogP contribution in [-0.4, -0.2) is 68.4 Å². The second-order valence-electron chi connectivity index (χ2n) is 10.0. The van der Waals surface area contributed by atoms with Crippen LogP contribution in [0.4, 0.5) is 0 Å². The Labute approximate surface area is 282 Å². The Balaban J connectivity index is 0.000000141. The van der Waals surface area contributed by atoms with Crippen molar-refractivity contribution in [3.05, 3.63) is 78.4 Å². The molecule has 4 aromatic rings. The third kappa shape index (κ3) is 8.51. The lowest BCUT2D eigenvalue weighted by Gasteiger charge is -2.09. The molecule has 0 aromatic heterocycles. The molecule has 0 atom stereocenters. The minimum Gasteiger partial charge on any atom is -0.484 e. The predicted molar refractivity (Wildman–Crippen MR) is 165 cm³/mol. The van der Waals surface area contributed by atoms with Crippen LogP contribution in [0, 0.1) is 0 Å². The summed E-state index contributed by atoms with van der Waals surface area (Å²) in [5.74, 6) is 3.72. The summed E-state index contributed by atoms with van der Waals surface area (Å²) in [4.78, 5) is 37.7. The highest BCUT2D eigenvalue weighted by Gasteiger charge is 2.18. The number of hydrogen-bond acceptors (Lipinski definition) is 14. The van der Waals surface area contributed by atoms with Crippen molar-refractivity contribution in [2.24, 2.45) is 0 Å². The molecule has 0 fully saturated rings. The van der Waals surface area contributed by atoms with Gasteiger partial charge in [-0.1, -0.05) is 0 Å². The maximum Gasteiger partial charge on any atom is 0.341 e. The van der Waals surface area contributed by atoms with Crippen LogP contribution in [-0.2, 0) is 9.59 Å². The summed E-state index contributed by atoms with van der Waals surface area (Å²) in [5.41, 5.74) is 2.50. The Bertz CT molecular complexity index is 1820. The van der Waals surface area contributed by atoms with Crippen LogP contribution in [0.3, 0.4) is 0 Å². The van der Waals surface area contributed by atoms with Gasteiger partial charge in [-0.25, -0.2) is 9.59 Å². The predicted octanol–water partition coefficient (Wildman–Crippen LogP) is 3.63. The molecule has 4 aromatic carbocycles. The van der Waals surface area contributed by atoms with Gasteiger partial charge in [0.1, 0.15) is 11.5 Å². The first-order valence-corrected chi connectivity index (χ1v) is 14.6. The zero-order valence-corrected chi connectivity index (χ0v) is 25.8. The molecule has 0 bridgehead atoms. The number of ether oxygens (including phenoxy) is 10. The van der Waals surface area contributed by atoms with Crippen LogP contribution in [0.5, 0.6) is 63.2 Å². The third-order valence-corrected chi connectivity index (χ3v) is 6.67. The molecule has 4 heterocycles. The van der Waals surface area contributed by atoms with Crippen molar-refractivity contribution in [3.63, 3.8) is 0 Å². The number of carbonyl (C=O) groups excluding carboxylic acids is 1. The summed E-state index contributed by atoms with van der Waals surface area (Å²) >= 11 is 0. The van der Waals surface area contributed by atoms with Crippen molar-refractivity contribution >= 4 is 17.8 Å². The Morgan fingerprint density at radius 2 is 0.920 bits per heavy atom.